The van der Waals surface area contributed by atoms with Crippen LogP contribution in [0.3, 0.4) is 0 Å². The molecule has 0 unspecified atom stereocenters. The summed E-state index contributed by atoms with van der Waals surface area (Å²) in [6, 6.07) is 15.2. The van der Waals surface area contributed by atoms with Crippen molar-refractivity contribution in [3.05, 3.63) is 76.4 Å². The molecule has 4 rings (SSSR count). The third-order valence-corrected chi connectivity index (χ3v) is 4.76. The first kappa shape index (κ1) is 14.3. The summed E-state index contributed by atoms with van der Waals surface area (Å²) in [4.78, 5) is 0. The molecule has 1 fully saturated rings. The highest BCUT2D eigenvalue weighted by atomic mass is 16.5. The second-order valence-corrected chi connectivity index (χ2v) is 6.24. The average Bonchev–Trinajstić information content (AvgIpc) is 3.10. The van der Waals surface area contributed by atoms with E-state index in [1.807, 2.05) is 0 Å². The lowest BCUT2D eigenvalue weighted by Gasteiger charge is -2.22. The second-order valence-electron chi connectivity index (χ2n) is 6.24. The molecule has 1 nitrogen and oxygen atoms in total. The largest absolute Gasteiger partial charge is 0.381 e. The van der Waals surface area contributed by atoms with Crippen LogP contribution in [-0.4, -0.2) is 13.2 Å². The van der Waals surface area contributed by atoms with Gasteiger partial charge < -0.3 is 4.74 Å². The van der Waals surface area contributed by atoms with Crippen molar-refractivity contribution in [2.45, 2.75) is 25.2 Å². The third-order valence-electron chi connectivity index (χ3n) is 4.76. The lowest BCUT2D eigenvalue weighted by Crippen LogP contribution is -2.13. The van der Waals surface area contributed by atoms with Crippen LogP contribution in [0.4, 0.5) is 0 Å². The number of rotatable bonds is 1. The van der Waals surface area contributed by atoms with Gasteiger partial charge in [-0.25, -0.2) is 0 Å². The van der Waals surface area contributed by atoms with Crippen molar-refractivity contribution in [2.75, 3.05) is 13.2 Å². The maximum absolute atomic E-state index is 5.44. The Morgan fingerprint density at radius 3 is 2.57 bits per heavy atom. The maximum atomic E-state index is 5.44. The van der Waals surface area contributed by atoms with Gasteiger partial charge in [-0.1, -0.05) is 48.3 Å². The van der Waals surface area contributed by atoms with Crippen LogP contribution in [0.1, 0.15) is 46.6 Å². The van der Waals surface area contributed by atoms with Crippen LogP contribution >= 0.6 is 0 Å². The summed E-state index contributed by atoms with van der Waals surface area (Å²) in [7, 11) is 0. The third kappa shape index (κ3) is 3.09. The van der Waals surface area contributed by atoms with Crippen LogP contribution in [0.2, 0.25) is 0 Å². The molecule has 114 valence electrons. The SMILES string of the molecule is C(#Cc1cccc2c1C=CC2)c1ccc(C2CCOCC2)cc1. The highest BCUT2D eigenvalue weighted by molar-refractivity contribution is 5.67. The molecule has 0 radical (unpaired) electrons. The molecular weight excluding hydrogens is 280 g/mol. The summed E-state index contributed by atoms with van der Waals surface area (Å²) < 4.78 is 5.44. The number of fused-ring (bicyclic) bond motifs is 1. The van der Waals surface area contributed by atoms with Crippen molar-refractivity contribution in [3.63, 3.8) is 0 Å². The minimum atomic E-state index is 0.647. The van der Waals surface area contributed by atoms with Gasteiger partial charge in [-0.2, -0.15) is 0 Å². The van der Waals surface area contributed by atoms with Crippen molar-refractivity contribution < 1.29 is 4.74 Å². The molecule has 23 heavy (non-hydrogen) atoms. The minimum absolute atomic E-state index is 0.647. The summed E-state index contributed by atoms with van der Waals surface area (Å²) in [5, 5.41) is 0. The fraction of sp³-hybridized carbons (Fsp3) is 0.273. The highest BCUT2D eigenvalue weighted by Crippen LogP contribution is 2.27. The maximum Gasteiger partial charge on any atom is 0.0471 e. The first-order chi connectivity index (χ1) is 11.4. The Morgan fingerprint density at radius 1 is 0.913 bits per heavy atom. The van der Waals surface area contributed by atoms with Gasteiger partial charge in [0.15, 0.2) is 0 Å². The van der Waals surface area contributed by atoms with Crippen LogP contribution in [-0.2, 0) is 11.2 Å². The Morgan fingerprint density at radius 2 is 1.74 bits per heavy atom. The van der Waals surface area contributed by atoms with E-state index in [1.54, 1.807) is 0 Å². The van der Waals surface area contributed by atoms with E-state index in [9.17, 15) is 0 Å². The zero-order chi connectivity index (χ0) is 15.5. The molecule has 0 amide bonds. The molecule has 1 saturated heterocycles. The van der Waals surface area contributed by atoms with Gasteiger partial charge in [0.05, 0.1) is 0 Å². The van der Waals surface area contributed by atoms with Gasteiger partial charge in [0.25, 0.3) is 0 Å². The zero-order valence-corrected chi connectivity index (χ0v) is 13.2. The number of hydrogen-bond acceptors (Lipinski definition) is 1. The van der Waals surface area contributed by atoms with E-state index in [4.69, 9.17) is 4.74 Å². The molecule has 2 aromatic carbocycles. The fourth-order valence-corrected chi connectivity index (χ4v) is 3.41. The van der Waals surface area contributed by atoms with Crippen LogP contribution in [0.5, 0.6) is 0 Å². The first-order valence-electron chi connectivity index (χ1n) is 8.38. The van der Waals surface area contributed by atoms with Crippen LogP contribution in [0.25, 0.3) is 6.08 Å². The first-order valence-corrected chi connectivity index (χ1v) is 8.38. The summed E-state index contributed by atoms with van der Waals surface area (Å²) in [5.41, 5.74) is 6.30. The molecular formula is C22H20O. The monoisotopic (exact) mass is 300 g/mol. The lowest BCUT2D eigenvalue weighted by atomic mass is 9.91. The normalized spacial score (nSPS) is 16.7. The van der Waals surface area contributed by atoms with Gasteiger partial charge >= 0.3 is 0 Å². The summed E-state index contributed by atoms with van der Waals surface area (Å²) in [6.07, 6.45) is 7.69. The minimum Gasteiger partial charge on any atom is -0.381 e. The molecule has 2 aliphatic rings. The smallest absolute Gasteiger partial charge is 0.0471 e. The van der Waals surface area contributed by atoms with Gasteiger partial charge in [-0.05, 0) is 60.1 Å². The Hall–Kier alpha value is -2.30. The van der Waals surface area contributed by atoms with Crippen LogP contribution in [0, 0.1) is 11.8 Å². The molecule has 0 bridgehead atoms. The van der Waals surface area contributed by atoms with Gasteiger partial charge in [0, 0.05) is 24.3 Å². The van der Waals surface area contributed by atoms with Gasteiger partial charge in [-0.15, -0.1) is 0 Å². The van der Waals surface area contributed by atoms with Gasteiger partial charge in [0.2, 0.25) is 0 Å². The molecule has 0 N–H and O–H groups in total. The molecule has 1 aliphatic carbocycles. The molecule has 2 aromatic rings. The van der Waals surface area contributed by atoms with Crippen molar-refractivity contribution in [1.29, 1.82) is 0 Å². The van der Waals surface area contributed by atoms with Crippen LogP contribution in [0.15, 0.2) is 48.5 Å². The Balaban J connectivity index is 1.54. The highest BCUT2D eigenvalue weighted by Gasteiger charge is 2.15. The average molecular weight is 300 g/mol. The van der Waals surface area contributed by atoms with E-state index in [2.05, 4.69) is 66.5 Å². The fourth-order valence-electron chi connectivity index (χ4n) is 3.41. The molecule has 1 aliphatic heterocycles. The van der Waals surface area contributed by atoms with E-state index in [0.717, 1.165) is 43.6 Å². The number of benzene rings is 2. The molecule has 0 spiro atoms. The molecule has 0 aromatic heterocycles. The lowest BCUT2D eigenvalue weighted by molar-refractivity contribution is 0.0853. The number of hydrogen-bond donors (Lipinski definition) is 0. The van der Waals surface area contributed by atoms with Gasteiger partial charge in [-0.3, -0.25) is 0 Å². The molecule has 1 heterocycles. The molecule has 1 heteroatoms. The predicted molar refractivity (Wildman–Crippen MR) is 94.4 cm³/mol. The van der Waals surface area contributed by atoms with Gasteiger partial charge in [0.1, 0.15) is 0 Å². The van der Waals surface area contributed by atoms with E-state index >= 15 is 0 Å². The topological polar surface area (TPSA) is 9.23 Å². The van der Waals surface area contributed by atoms with Crippen molar-refractivity contribution in [2.24, 2.45) is 0 Å². The standard InChI is InChI=1S/C22H20O/c1-3-20-5-2-6-22(20)21(4-1)12-9-17-7-10-18(11-8-17)19-13-15-23-16-14-19/h1-4,6-8,10-11,19H,5,13-16H2. The predicted octanol–water partition coefficient (Wildman–Crippen LogP) is 4.55. The van der Waals surface area contributed by atoms with Crippen molar-refractivity contribution >= 4 is 6.08 Å². The quantitative estimate of drug-likeness (QED) is 0.702. The Bertz CT molecular complexity index is 781. The molecule has 0 saturated carbocycles. The second kappa shape index (κ2) is 6.44. The van der Waals surface area contributed by atoms with E-state index in [0.29, 0.717) is 5.92 Å². The zero-order valence-electron chi connectivity index (χ0n) is 13.2. The number of ether oxygens (including phenoxy) is 1. The number of allylic oxidation sites excluding steroid dienone is 1. The van der Waals surface area contributed by atoms with E-state index in [-0.39, 0.29) is 0 Å². The Kier molecular flexibility index (Phi) is 4.01. The van der Waals surface area contributed by atoms with E-state index < -0.39 is 0 Å². The Labute approximate surface area is 138 Å². The summed E-state index contributed by atoms with van der Waals surface area (Å²) >= 11 is 0. The van der Waals surface area contributed by atoms with Crippen LogP contribution < -0.4 is 0 Å². The van der Waals surface area contributed by atoms with Crippen molar-refractivity contribution in [3.8, 4) is 11.8 Å². The van der Waals surface area contributed by atoms with E-state index in [1.165, 1.54) is 16.7 Å². The summed E-state index contributed by atoms with van der Waals surface area (Å²) in [6.45, 7) is 1.78. The summed E-state index contributed by atoms with van der Waals surface area (Å²) in [5.74, 6) is 7.30. The van der Waals surface area contributed by atoms with Crippen molar-refractivity contribution in [1.82, 2.24) is 0 Å². The molecule has 0 atom stereocenters.